The first-order valence-corrected chi connectivity index (χ1v) is 7.30. The Hall–Kier alpha value is -1.24. The van der Waals surface area contributed by atoms with Gasteiger partial charge in [-0.3, -0.25) is 9.59 Å². The molecule has 1 saturated carbocycles. The molecule has 1 atom stereocenters. The second kappa shape index (κ2) is 5.87. The molecule has 0 spiro atoms. The van der Waals surface area contributed by atoms with Crippen LogP contribution in [0.4, 0.5) is 8.78 Å². The molecule has 1 aliphatic heterocycles. The molecule has 0 bridgehead atoms. The summed E-state index contributed by atoms with van der Waals surface area (Å²) >= 11 is 0. The van der Waals surface area contributed by atoms with Gasteiger partial charge in [-0.25, -0.2) is 8.78 Å². The number of hydrogen-bond acceptors (Lipinski definition) is 3. The van der Waals surface area contributed by atoms with E-state index in [9.17, 15) is 18.4 Å². The molecule has 2 aliphatic rings. The molecule has 0 aromatic rings. The number of rotatable bonds is 2. The van der Waals surface area contributed by atoms with E-state index in [4.69, 9.17) is 4.74 Å². The van der Waals surface area contributed by atoms with E-state index in [2.05, 4.69) is 5.32 Å². The Morgan fingerprint density at radius 3 is 2.48 bits per heavy atom. The number of likely N-dealkylation sites (N-methyl/N-ethyl adjacent to an activating group) is 1. The van der Waals surface area contributed by atoms with Gasteiger partial charge in [-0.05, 0) is 19.8 Å². The van der Waals surface area contributed by atoms with Gasteiger partial charge < -0.3 is 15.0 Å². The number of hydrogen-bond donors (Lipinski definition) is 1. The average molecular weight is 304 g/mol. The maximum Gasteiger partial charge on any atom is 0.253 e. The lowest BCUT2D eigenvalue weighted by Gasteiger charge is -2.41. The third-order valence-electron chi connectivity index (χ3n) is 4.36. The molecule has 5 nitrogen and oxygen atoms in total. The monoisotopic (exact) mass is 304 g/mol. The largest absolute Gasteiger partial charge is 0.362 e. The Morgan fingerprint density at radius 2 is 1.90 bits per heavy atom. The molecule has 2 rings (SSSR count). The van der Waals surface area contributed by atoms with Crippen LogP contribution in [-0.2, 0) is 14.3 Å². The molecule has 21 heavy (non-hydrogen) atoms. The zero-order valence-corrected chi connectivity index (χ0v) is 12.5. The molecular weight excluding hydrogens is 282 g/mol. The molecule has 1 N–H and O–H groups in total. The van der Waals surface area contributed by atoms with Gasteiger partial charge in [-0.1, -0.05) is 0 Å². The van der Waals surface area contributed by atoms with Crippen LogP contribution < -0.4 is 5.32 Å². The summed E-state index contributed by atoms with van der Waals surface area (Å²) in [6.07, 6.45) is -0.0549. The number of alkyl halides is 2. The standard InChI is InChI=1S/C14H22F2N2O3/c1-13(12(20)17-2)9-18(7-8-21-13)11(19)10-3-5-14(15,16)6-4-10/h10H,3-9H2,1-2H3,(H,17,20). The van der Waals surface area contributed by atoms with E-state index in [1.807, 2.05) is 0 Å². The smallest absolute Gasteiger partial charge is 0.253 e. The minimum Gasteiger partial charge on any atom is -0.362 e. The SMILES string of the molecule is CNC(=O)C1(C)CN(C(=O)C2CCC(F)(F)CC2)CCO1. The summed E-state index contributed by atoms with van der Waals surface area (Å²) in [6, 6.07) is 0. The number of amides is 2. The first-order valence-electron chi connectivity index (χ1n) is 7.30. The zero-order chi connectivity index (χ0) is 15.7. The summed E-state index contributed by atoms with van der Waals surface area (Å²) in [5.74, 6) is -3.42. The molecule has 1 saturated heterocycles. The van der Waals surface area contributed by atoms with Crippen LogP contribution in [0.5, 0.6) is 0 Å². The van der Waals surface area contributed by atoms with Gasteiger partial charge in [-0.15, -0.1) is 0 Å². The van der Waals surface area contributed by atoms with Crippen molar-refractivity contribution in [3.05, 3.63) is 0 Å². The molecule has 1 heterocycles. The summed E-state index contributed by atoms with van der Waals surface area (Å²) in [4.78, 5) is 25.9. The predicted octanol–water partition coefficient (Wildman–Crippen LogP) is 1.18. The molecule has 2 amide bonds. The van der Waals surface area contributed by atoms with E-state index < -0.39 is 11.5 Å². The van der Waals surface area contributed by atoms with Crippen LogP contribution in [0.2, 0.25) is 0 Å². The molecule has 2 fully saturated rings. The van der Waals surface area contributed by atoms with Crippen LogP contribution in [-0.4, -0.2) is 55.0 Å². The first kappa shape index (κ1) is 16.1. The van der Waals surface area contributed by atoms with Crippen molar-refractivity contribution >= 4 is 11.8 Å². The Balaban J connectivity index is 1.98. The van der Waals surface area contributed by atoms with Crippen molar-refractivity contribution in [1.82, 2.24) is 10.2 Å². The van der Waals surface area contributed by atoms with Crippen molar-refractivity contribution < 1.29 is 23.1 Å². The van der Waals surface area contributed by atoms with Crippen LogP contribution in [0.1, 0.15) is 32.6 Å². The quantitative estimate of drug-likeness (QED) is 0.833. The van der Waals surface area contributed by atoms with E-state index in [1.54, 1.807) is 11.8 Å². The van der Waals surface area contributed by atoms with E-state index >= 15 is 0 Å². The lowest BCUT2D eigenvalue weighted by Crippen LogP contribution is -2.59. The van der Waals surface area contributed by atoms with Crippen molar-refractivity contribution in [3.63, 3.8) is 0 Å². The lowest BCUT2D eigenvalue weighted by molar-refractivity contribution is -0.165. The second-order valence-electron chi connectivity index (χ2n) is 6.05. The minimum absolute atomic E-state index is 0.135. The fraction of sp³-hybridized carbons (Fsp3) is 0.857. The lowest BCUT2D eigenvalue weighted by atomic mass is 9.85. The van der Waals surface area contributed by atoms with E-state index in [-0.39, 0.29) is 56.6 Å². The molecule has 1 aliphatic carbocycles. The van der Waals surface area contributed by atoms with E-state index in [1.165, 1.54) is 7.05 Å². The number of carbonyl (C=O) groups excluding carboxylic acids is 2. The molecular formula is C14H22F2N2O3. The van der Waals surface area contributed by atoms with Crippen molar-refractivity contribution in [3.8, 4) is 0 Å². The van der Waals surface area contributed by atoms with Gasteiger partial charge in [0.1, 0.15) is 0 Å². The predicted molar refractivity (Wildman–Crippen MR) is 71.9 cm³/mol. The Bertz CT molecular complexity index is 420. The van der Waals surface area contributed by atoms with Crippen LogP contribution in [0.3, 0.4) is 0 Å². The maximum absolute atomic E-state index is 13.2. The van der Waals surface area contributed by atoms with Gasteiger partial charge in [0.2, 0.25) is 11.8 Å². The fourth-order valence-electron chi connectivity index (χ4n) is 3.01. The van der Waals surface area contributed by atoms with E-state index in [0.29, 0.717) is 6.54 Å². The van der Waals surface area contributed by atoms with Crippen LogP contribution >= 0.6 is 0 Å². The fourth-order valence-corrected chi connectivity index (χ4v) is 3.01. The number of ether oxygens (including phenoxy) is 1. The van der Waals surface area contributed by atoms with Gasteiger partial charge in [0.05, 0.1) is 13.2 Å². The van der Waals surface area contributed by atoms with Crippen molar-refractivity contribution in [2.45, 2.75) is 44.1 Å². The third-order valence-corrected chi connectivity index (χ3v) is 4.36. The number of morpholine rings is 1. The highest BCUT2D eigenvalue weighted by atomic mass is 19.3. The van der Waals surface area contributed by atoms with Gasteiger partial charge in [0.15, 0.2) is 5.60 Å². The molecule has 0 radical (unpaired) electrons. The highest BCUT2D eigenvalue weighted by molar-refractivity contribution is 5.86. The highest BCUT2D eigenvalue weighted by Crippen LogP contribution is 2.37. The molecule has 0 aromatic heterocycles. The third kappa shape index (κ3) is 3.51. The minimum atomic E-state index is -2.64. The topological polar surface area (TPSA) is 58.6 Å². The second-order valence-corrected chi connectivity index (χ2v) is 6.05. The summed E-state index contributed by atoms with van der Waals surface area (Å²) in [7, 11) is 1.51. The Morgan fingerprint density at radius 1 is 1.29 bits per heavy atom. The number of halogens is 2. The zero-order valence-electron chi connectivity index (χ0n) is 12.5. The highest BCUT2D eigenvalue weighted by Gasteiger charge is 2.43. The molecule has 120 valence electrons. The van der Waals surface area contributed by atoms with Gasteiger partial charge in [0.25, 0.3) is 5.91 Å². The number of nitrogens with one attached hydrogen (secondary N) is 1. The van der Waals surface area contributed by atoms with Crippen LogP contribution in [0.25, 0.3) is 0 Å². The normalized spacial score (nSPS) is 30.0. The van der Waals surface area contributed by atoms with Crippen molar-refractivity contribution in [1.29, 1.82) is 0 Å². The van der Waals surface area contributed by atoms with Crippen molar-refractivity contribution in [2.24, 2.45) is 5.92 Å². The summed E-state index contributed by atoms with van der Waals surface area (Å²) in [6.45, 7) is 2.48. The van der Waals surface area contributed by atoms with E-state index in [0.717, 1.165) is 0 Å². The molecule has 7 heteroatoms. The van der Waals surface area contributed by atoms with Gasteiger partial charge in [-0.2, -0.15) is 0 Å². The van der Waals surface area contributed by atoms with Gasteiger partial charge >= 0.3 is 0 Å². The summed E-state index contributed by atoms with van der Waals surface area (Å²) < 4.78 is 31.8. The Labute approximate surface area is 123 Å². The average Bonchev–Trinajstić information content (AvgIpc) is 2.45. The Kier molecular flexibility index (Phi) is 4.51. The van der Waals surface area contributed by atoms with Crippen LogP contribution in [0, 0.1) is 5.92 Å². The first-order chi connectivity index (χ1) is 9.77. The number of carbonyl (C=O) groups is 2. The van der Waals surface area contributed by atoms with Gasteiger partial charge in [0, 0.05) is 32.4 Å². The molecule has 1 unspecified atom stereocenters. The molecule has 0 aromatic carbocycles. The summed E-state index contributed by atoms with van der Waals surface area (Å²) in [5, 5.41) is 2.52. The number of nitrogens with zero attached hydrogens (tertiary/aromatic N) is 1. The van der Waals surface area contributed by atoms with Crippen molar-refractivity contribution in [2.75, 3.05) is 26.7 Å². The van der Waals surface area contributed by atoms with Crippen LogP contribution in [0.15, 0.2) is 0 Å². The summed E-state index contributed by atoms with van der Waals surface area (Å²) in [5.41, 5.74) is -1.07. The maximum atomic E-state index is 13.2.